The number of carbonyl (C=O) groups is 2. The molecule has 0 aromatic rings. The molecule has 0 saturated carbocycles. The van der Waals surface area contributed by atoms with E-state index in [1.165, 1.54) is 7.11 Å². The van der Waals surface area contributed by atoms with Crippen molar-refractivity contribution in [2.45, 2.75) is 97.8 Å². The van der Waals surface area contributed by atoms with E-state index in [0.29, 0.717) is 0 Å². The van der Waals surface area contributed by atoms with Gasteiger partial charge in [0.25, 0.3) is 0 Å². The van der Waals surface area contributed by atoms with E-state index in [4.69, 9.17) is 18.6 Å². The maximum absolute atomic E-state index is 13.6. The molecule has 1 heterocycles. The molecule has 4 atom stereocenters. The van der Waals surface area contributed by atoms with Crippen molar-refractivity contribution in [2.24, 2.45) is 11.3 Å². The second-order valence-corrected chi connectivity index (χ2v) is 15.5. The van der Waals surface area contributed by atoms with Gasteiger partial charge in [-0.2, -0.15) is 0 Å². The molecule has 30 heavy (non-hydrogen) atoms. The highest BCUT2D eigenvalue weighted by molar-refractivity contribution is 6.74. The van der Waals surface area contributed by atoms with Gasteiger partial charge in [-0.1, -0.05) is 27.7 Å². The van der Waals surface area contributed by atoms with E-state index in [2.05, 4.69) is 33.9 Å². The predicted octanol–water partition coefficient (Wildman–Crippen LogP) is 4.63. The van der Waals surface area contributed by atoms with Crippen molar-refractivity contribution in [1.82, 2.24) is 0 Å². The molecule has 1 fully saturated rings. The third-order valence-electron chi connectivity index (χ3n) is 7.03. The molecule has 2 aliphatic rings. The molecule has 0 N–H and O–H groups in total. The Bertz CT molecular complexity index is 732. The third kappa shape index (κ3) is 3.89. The van der Waals surface area contributed by atoms with Crippen molar-refractivity contribution in [3.8, 4) is 0 Å². The van der Waals surface area contributed by atoms with Crippen LogP contribution in [0.2, 0.25) is 18.1 Å². The second kappa shape index (κ2) is 8.06. The highest BCUT2D eigenvalue weighted by Crippen LogP contribution is 2.54. The summed E-state index contributed by atoms with van der Waals surface area (Å²) in [6.07, 6.45) is -1.39. The van der Waals surface area contributed by atoms with Crippen molar-refractivity contribution in [1.29, 1.82) is 0 Å². The van der Waals surface area contributed by atoms with E-state index in [1.807, 2.05) is 27.7 Å². The van der Waals surface area contributed by atoms with Crippen LogP contribution in [-0.4, -0.2) is 51.6 Å². The molecule has 172 valence electrons. The number of Topliss-reactive ketones (excluding diaryl/α,β-unsaturated/α-hetero) is 1. The Hall–Kier alpha value is -1.18. The van der Waals surface area contributed by atoms with Crippen LogP contribution in [0.15, 0.2) is 11.3 Å². The summed E-state index contributed by atoms with van der Waals surface area (Å²) in [7, 11) is -0.637. The van der Waals surface area contributed by atoms with E-state index >= 15 is 0 Å². The van der Waals surface area contributed by atoms with Crippen LogP contribution in [-0.2, 0) is 28.2 Å². The summed E-state index contributed by atoms with van der Waals surface area (Å²) in [4.78, 5) is 26.9. The molecule has 0 spiro atoms. The largest absolute Gasteiger partial charge is 0.546 e. The monoisotopic (exact) mass is 440 g/mol. The van der Waals surface area contributed by atoms with Crippen molar-refractivity contribution >= 4 is 20.1 Å². The van der Waals surface area contributed by atoms with Crippen LogP contribution in [0.1, 0.15) is 61.8 Å². The van der Waals surface area contributed by atoms with Gasteiger partial charge in [-0.25, -0.2) is 0 Å². The average Bonchev–Trinajstić information content (AvgIpc) is 2.58. The molecular formula is C23H40O6Si. The molecule has 0 bridgehead atoms. The summed E-state index contributed by atoms with van der Waals surface area (Å²) in [5.74, 6) is -0.270. The molecule has 0 radical (unpaired) electrons. The zero-order valence-corrected chi connectivity index (χ0v) is 21.6. The van der Waals surface area contributed by atoms with Gasteiger partial charge in [0.15, 0.2) is 11.2 Å². The zero-order valence-electron chi connectivity index (χ0n) is 20.6. The Kier molecular flexibility index (Phi) is 6.74. The van der Waals surface area contributed by atoms with Crippen LogP contribution in [0.4, 0.5) is 0 Å². The number of carbonyl (C=O) groups excluding carboxylic acids is 2. The summed E-state index contributed by atoms with van der Waals surface area (Å²) in [5, 5.41) is 0.000752. The lowest BCUT2D eigenvalue weighted by Crippen LogP contribution is -2.68. The van der Waals surface area contributed by atoms with Crippen LogP contribution in [0, 0.1) is 11.3 Å². The number of esters is 1. The fourth-order valence-corrected chi connectivity index (χ4v) is 5.68. The lowest BCUT2D eigenvalue weighted by Gasteiger charge is -2.55. The topological polar surface area (TPSA) is 71.1 Å². The fraction of sp³-hybridized carbons (Fsp3) is 0.826. The number of rotatable bonds is 5. The number of methoxy groups -OCH3 is 1. The normalized spacial score (nSPS) is 32.0. The first kappa shape index (κ1) is 25.1. The van der Waals surface area contributed by atoms with Gasteiger partial charge in [-0.05, 0) is 51.4 Å². The molecule has 0 unspecified atom stereocenters. The number of ether oxygens (including phenoxy) is 3. The van der Waals surface area contributed by atoms with E-state index in [0.717, 1.165) is 11.3 Å². The third-order valence-corrected chi connectivity index (χ3v) is 11.4. The number of fused-ring (bicyclic) bond motifs is 1. The lowest BCUT2D eigenvalue weighted by atomic mass is 9.60. The molecule has 6 nitrogen and oxygen atoms in total. The molecule has 2 rings (SSSR count). The summed E-state index contributed by atoms with van der Waals surface area (Å²) >= 11 is 0. The van der Waals surface area contributed by atoms with Crippen LogP contribution < -0.4 is 0 Å². The summed E-state index contributed by atoms with van der Waals surface area (Å²) in [6.45, 7) is 20.5. The molecule has 1 aliphatic heterocycles. The van der Waals surface area contributed by atoms with Gasteiger partial charge in [0, 0.05) is 19.4 Å². The average molecular weight is 441 g/mol. The lowest BCUT2D eigenvalue weighted by molar-refractivity contribution is -0.224. The van der Waals surface area contributed by atoms with Gasteiger partial charge < -0.3 is 18.6 Å². The minimum atomic E-state index is -2.16. The Morgan fingerprint density at radius 2 is 1.83 bits per heavy atom. The van der Waals surface area contributed by atoms with Gasteiger partial charge in [0.05, 0.1) is 24.1 Å². The highest BCUT2D eigenvalue weighted by Gasteiger charge is 2.68. The maximum atomic E-state index is 13.6. The minimum Gasteiger partial charge on any atom is -0.546 e. The zero-order chi connectivity index (χ0) is 23.3. The molecule has 0 aromatic heterocycles. The van der Waals surface area contributed by atoms with Crippen molar-refractivity contribution in [2.75, 3.05) is 13.7 Å². The number of hydrogen-bond acceptors (Lipinski definition) is 6. The first-order valence-electron chi connectivity index (χ1n) is 10.9. The number of ketones is 1. The van der Waals surface area contributed by atoms with Crippen molar-refractivity contribution < 1.29 is 28.2 Å². The van der Waals surface area contributed by atoms with Gasteiger partial charge in [-0.15, -0.1) is 0 Å². The molecule has 1 aliphatic carbocycles. The van der Waals surface area contributed by atoms with Gasteiger partial charge in [-0.3, -0.25) is 9.59 Å². The van der Waals surface area contributed by atoms with E-state index in [-0.39, 0.29) is 29.8 Å². The van der Waals surface area contributed by atoms with E-state index < -0.39 is 37.5 Å². The maximum Gasteiger partial charge on any atom is 0.325 e. The Balaban J connectivity index is 2.72. The van der Waals surface area contributed by atoms with Crippen LogP contribution in [0.5, 0.6) is 0 Å². The van der Waals surface area contributed by atoms with Crippen LogP contribution >= 0.6 is 0 Å². The number of hydrogen-bond donors (Lipinski definition) is 0. The Morgan fingerprint density at radius 3 is 2.30 bits per heavy atom. The van der Waals surface area contributed by atoms with E-state index in [1.54, 1.807) is 6.92 Å². The summed E-state index contributed by atoms with van der Waals surface area (Å²) in [6, 6.07) is 0. The first-order chi connectivity index (χ1) is 13.6. The molecule has 1 saturated heterocycles. The fourth-order valence-electron chi connectivity index (χ4n) is 4.48. The first-order valence-corrected chi connectivity index (χ1v) is 13.8. The summed E-state index contributed by atoms with van der Waals surface area (Å²) < 4.78 is 24.4. The van der Waals surface area contributed by atoms with E-state index in [9.17, 15) is 9.59 Å². The quantitative estimate of drug-likeness (QED) is 0.352. The predicted molar refractivity (Wildman–Crippen MR) is 119 cm³/mol. The summed E-state index contributed by atoms with van der Waals surface area (Å²) in [5.41, 5.74) is -1.43. The van der Waals surface area contributed by atoms with Crippen molar-refractivity contribution in [3.05, 3.63) is 11.3 Å². The molecule has 7 heteroatoms. The van der Waals surface area contributed by atoms with Gasteiger partial charge in [0.2, 0.25) is 8.32 Å². The minimum absolute atomic E-state index is 0.000752. The molecule has 0 aromatic carbocycles. The highest BCUT2D eigenvalue weighted by atomic mass is 28.4. The smallest absolute Gasteiger partial charge is 0.325 e. The van der Waals surface area contributed by atoms with Gasteiger partial charge in [0.1, 0.15) is 6.10 Å². The standard InChI is InChI=1S/C23H40O6Si/c1-12-27-20(25)23-16(24)13-22(7,8)28-19(23)15(3)17(14(2)18(23)26-9)29-30(10,11)21(4,5)6/h15,18-19H,12-13H2,1-11H3/t15-,18+,19-,23-/m1/s1. The van der Waals surface area contributed by atoms with Crippen LogP contribution in [0.25, 0.3) is 0 Å². The van der Waals surface area contributed by atoms with Crippen LogP contribution in [0.3, 0.4) is 0 Å². The molecular weight excluding hydrogens is 400 g/mol. The second-order valence-electron chi connectivity index (χ2n) is 10.8. The van der Waals surface area contributed by atoms with Crippen molar-refractivity contribution in [3.63, 3.8) is 0 Å². The SMILES string of the molecule is CCOC(=O)[C@@]12C(=O)CC(C)(C)O[C@@H]1[C@H](C)C(O[Si](C)(C)C(C)(C)C)=C(C)[C@@H]2OC. The van der Waals surface area contributed by atoms with Gasteiger partial charge >= 0.3 is 5.97 Å². The Labute approximate surface area is 182 Å². The Morgan fingerprint density at radius 1 is 1.27 bits per heavy atom. The molecule has 0 amide bonds.